The molecule has 0 bridgehead atoms. The van der Waals surface area contributed by atoms with Crippen molar-refractivity contribution in [3.8, 4) is 0 Å². The fourth-order valence-corrected chi connectivity index (χ4v) is 3.19. The Labute approximate surface area is 174 Å². The van der Waals surface area contributed by atoms with Gasteiger partial charge in [-0.2, -0.15) is 0 Å². The number of halogens is 2. The van der Waals surface area contributed by atoms with Crippen LogP contribution in [0, 0.1) is 11.7 Å². The van der Waals surface area contributed by atoms with Gasteiger partial charge in [0.1, 0.15) is 11.9 Å². The molecule has 2 rings (SSSR count). The molecule has 0 heterocycles. The minimum absolute atomic E-state index is 0.107. The van der Waals surface area contributed by atoms with E-state index in [0.717, 1.165) is 10.0 Å². The molecule has 0 aromatic heterocycles. The molecule has 4 nitrogen and oxygen atoms in total. The quantitative estimate of drug-likeness (QED) is 0.653. The summed E-state index contributed by atoms with van der Waals surface area (Å²) in [6.45, 7) is 6.64. The molecule has 6 heteroatoms. The molecule has 1 unspecified atom stereocenters. The predicted molar refractivity (Wildman–Crippen MR) is 112 cm³/mol. The van der Waals surface area contributed by atoms with Gasteiger partial charge in [0.05, 0.1) is 6.42 Å². The van der Waals surface area contributed by atoms with Crippen molar-refractivity contribution in [1.82, 2.24) is 10.2 Å². The maximum absolute atomic E-state index is 13.1. The maximum Gasteiger partial charge on any atom is 0.242 e. The molecule has 0 saturated carbocycles. The molecule has 28 heavy (non-hydrogen) atoms. The Hall–Kier alpha value is -2.21. The topological polar surface area (TPSA) is 49.4 Å². The maximum atomic E-state index is 13.1. The van der Waals surface area contributed by atoms with Gasteiger partial charge in [0.2, 0.25) is 11.8 Å². The zero-order valence-electron chi connectivity index (χ0n) is 16.4. The molecule has 0 spiro atoms. The highest BCUT2D eigenvalue weighted by Gasteiger charge is 2.26. The third kappa shape index (κ3) is 6.75. The second-order valence-electron chi connectivity index (χ2n) is 7.27. The highest BCUT2D eigenvalue weighted by molar-refractivity contribution is 9.10. The normalized spacial score (nSPS) is 11.9. The Bertz CT molecular complexity index is 808. The van der Waals surface area contributed by atoms with E-state index in [0.29, 0.717) is 24.6 Å². The van der Waals surface area contributed by atoms with Crippen molar-refractivity contribution >= 4 is 27.7 Å². The van der Waals surface area contributed by atoms with E-state index >= 15 is 0 Å². The molecular formula is C22H26BrFN2O2. The summed E-state index contributed by atoms with van der Waals surface area (Å²) in [6.07, 6.45) is 0.107. The number of hydrogen-bond donors (Lipinski definition) is 1. The molecule has 0 aliphatic carbocycles. The zero-order chi connectivity index (χ0) is 20.7. The first-order valence-corrected chi connectivity index (χ1v) is 10.1. The van der Waals surface area contributed by atoms with Gasteiger partial charge in [-0.25, -0.2) is 4.39 Å². The van der Waals surface area contributed by atoms with Crippen molar-refractivity contribution in [1.29, 1.82) is 0 Å². The number of amides is 2. The van der Waals surface area contributed by atoms with Gasteiger partial charge in [-0.1, -0.05) is 54.0 Å². The Morgan fingerprint density at radius 1 is 1.07 bits per heavy atom. The van der Waals surface area contributed by atoms with Crippen molar-refractivity contribution in [2.75, 3.05) is 6.54 Å². The standard InChI is InChI=1S/C22H26BrFN2O2/c1-15(2)13-25-22(28)16(3)26(14-18-5-4-6-19(23)11-18)21(27)12-17-7-9-20(24)10-8-17/h4-11,15-16H,12-14H2,1-3H3,(H,25,28). The molecule has 1 atom stereocenters. The van der Waals surface area contributed by atoms with Gasteiger partial charge in [0.15, 0.2) is 0 Å². The largest absolute Gasteiger partial charge is 0.354 e. The molecule has 2 aromatic rings. The highest BCUT2D eigenvalue weighted by atomic mass is 79.9. The SMILES string of the molecule is CC(C)CNC(=O)C(C)N(Cc1cccc(Br)c1)C(=O)Cc1ccc(F)cc1. The number of rotatable bonds is 8. The Morgan fingerprint density at radius 3 is 2.36 bits per heavy atom. The fraction of sp³-hybridized carbons (Fsp3) is 0.364. The molecule has 1 N–H and O–H groups in total. The van der Waals surface area contributed by atoms with E-state index in [-0.39, 0.29) is 24.1 Å². The molecule has 0 radical (unpaired) electrons. The molecule has 0 aliphatic rings. The van der Waals surface area contributed by atoms with Crippen molar-refractivity contribution < 1.29 is 14.0 Å². The minimum Gasteiger partial charge on any atom is -0.354 e. The lowest BCUT2D eigenvalue weighted by molar-refractivity contribution is -0.140. The van der Waals surface area contributed by atoms with Gasteiger partial charge in [0, 0.05) is 17.6 Å². The van der Waals surface area contributed by atoms with Crippen LogP contribution in [0.3, 0.4) is 0 Å². The number of nitrogens with one attached hydrogen (secondary N) is 1. The second-order valence-corrected chi connectivity index (χ2v) is 8.19. The Balaban J connectivity index is 2.19. The average molecular weight is 449 g/mol. The van der Waals surface area contributed by atoms with Crippen molar-refractivity contribution in [2.45, 2.75) is 39.8 Å². The van der Waals surface area contributed by atoms with Gasteiger partial charge < -0.3 is 10.2 Å². The molecule has 2 amide bonds. The minimum atomic E-state index is -0.620. The first kappa shape index (κ1) is 22.1. The fourth-order valence-electron chi connectivity index (χ4n) is 2.75. The van der Waals surface area contributed by atoms with Crippen LogP contribution in [0.2, 0.25) is 0 Å². The highest BCUT2D eigenvalue weighted by Crippen LogP contribution is 2.16. The smallest absolute Gasteiger partial charge is 0.242 e. The number of nitrogens with zero attached hydrogens (tertiary/aromatic N) is 1. The van der Waals surface area contributed by atoms with Crippen molar-refractivity contribution in [3.63, 3.8) is 0 Å². The number of hydrogen-bond acceptors (Lipinski definition) is 2. The van der Waals surface area contributed by atoms with E-state index in [1.54, 1.807) is 24.0 Å². The third-order valence-corrected chi connectivity index (χ3v) is 4.86. The van der Waals surface area contributed by atoms with Crippen LogP contribution in [0.25, 0.3) is 0 Å². The molecule has 150 valence electrons. The second kappa shape index (κ2) is 10.4. The number of benzene rings is 2. The van der Waals surface area contributed by atoms with Gasteiger partial charge in [0.25, 0.3) is 0 Å². The Kier molecular flexibility index (Phi) is 8.18. The summed E-state index contributed by atoms with van der Waals surface area (Å²) < 4.78 is 14.0. The van der Waals surface area contributed by atoms with E-state index in [1.165, 1.54) is 12.1 Å². The summed E-state index contributed by atoms with van der Waals surface area (Å²) >= 11 is 3.44. The van der Waals surface area contributed by atoms with Crippen LogP contribution in [-0.2, 0) is 22.6 Å². The van der Waals surface area contributed by atoms with Gasteiger partial charge >= 0.3 is 0 Å². The van der Waals surface area contributed by atoms with Crippen LogP contribution in [0.4, 0.5) is 4.39 Å². The Morgan fingerprint density at radius 2 is 1.75 bits per heavy atom. The monoisotopic (exact) mass is 448 g/mol. The zero-order valence-corrected chi connectivity index (χ0v) is 18.0. The van der Waals surface area contributed by atoms with Crippen LogP contribution < -0.4 is 5.32 Å². The van der Waals surface area contributed by atoms with E-state index < -0.39 is 6.04 Å². The van der Waals surface area contributed by atoms with E-state index in [4.69, 9.17) is 0 Å². The first-order valence-electron chi connectivity index (χ1n) is 9.32. The van der Waals surface area contributed by atoms with Crippen molar-refractivity contribution in [3.05, 3.63) is 69.9 Å². The van der Waals surface area contributed by atoms with E-state index in [2.05, 4.69) is 21.2 Å². The van der Waals surface area contributed by atoms with Crippen LogP contribution >= 0.6 is 15.9 Å². The van der Waals surface area contributed by atoms with Gasteiger partial charge in [-0.15, -0.1) is 0 Å². The first-order chi connectivity index (χ1) is 13.3. The lowest BCUT2D eigenvalue weighted by Gasteiger charge is -2.29. The summed E-state index contributed by atoms with van der Waals surface area (Å²) in [5, 5.41) is 2.89. The lowest BCUT2D eigenvalue weighted by atomic mass is 10.1. The summed E-state index contributed by atoms with van der Waals surface area (Å²) in [4.78, 5) is 27.2. The van der Waals surface area contributed by atoms with Crippen LogP contribution in [0.5, 0.6) is 0 Å². The number of carbonyl (C=O) groups is 2. The third-order valence-electron chi connectivity index (χ3n) is 4.36. The predicted octanol–water partition coefficient (Wildman–Crippen LogP) is 4.32. The molecule has 0 fully saturated rings. The summed E-state index contributed by atoms with van der Waals surface area (Å²) in [5.74, 6) is -0.386. The van der Waals surface area contributed by atoms with Crippen LogP contribution in [-0.4, -0.2) is 29.3 Å². The van der Waals surface area contributed by atoms with E-state index in [1.807, 2.05) is 38.1 Å². The molecule has 2 aromatic carbocycles. The molecular weight excluding hydrogens is 423 g/mol. The van der Waals surface area contributed by atoms with Crippen LogP contribution in [0.1, 0.15) is 31.9 Å². The van der Waals surface area contributed by atoms with E-state index in [9.17, 15) is 14.0 Å². The average Bonchev–Trinajstić information content (AvgIpc) is 2.65. The molecule has 0 saturated heterocycles. The van der Waals surface area contributed by atoms with Crippen LogP contribution in [0.15, 0.2) is 53.0 Å². The summed E-state index contributed by atoms with van der Waals surface area (Å²) in [7, 11) is 0. The van der Waals surface area contributed by atoms with Gasteiger partial charge in [-0.05, 0) is 48.2 Å². The van der Waals surface area contributed by atoms with Gasteiger partial charge in [-0.3, -0.25) is 9.59 Å². The summed E-state index contributed by atoms with van der Waals surface area (Å²) in [6, 6.07) is 12.9. The lowest BCUT2D eigenvalue weighted by Crippen LogP contribution is -2.48. The summed E-state index contributed by atoms with van der Waals surface area (Å²) in [5.41, 5.74) is 1.63. The van der Waals surface area contributed by atoms with Crippen molar-refractivity contribution in [2.24, 2.45) is 5.92 Å². The molecule has 0 aliphatic heterocycles. The number of carbonyl (C=O) groups excluding carboxylic acids is 2.